The van der Waals surface area contributed by atoms with E-state index >= 15 is 0 Å². The lowest BCUT2D eigenvalue weighted by molar-refractivity contribution is 0.210. The van der Waals surface area contributed by atoms with Crippen molar-refractivity contribution in [2.24, 2.45) is 0 Å². The molecule has 120 valence electrons. The fraction of sp³-hybridized carbons (Fsp3) is 0.250. The number of anilines is 1. The minimum absolute atomic E-state index is 0.0972. The smallest absolute Gasteiger partial charge is 0.161 e. The highest BCUT2D eigenvalue weighted by atomic mass is 16.5. The van der Waals surface area contributed by atoms with Crippen molar-refractivity contribution in [2.45, 2.75) is 0 Å². The monoisotopic (exact) mass is 314 g/mol. The number of nitrogens with one attached hydrogen (secondary N) is 1. The van der Waals surface area contributed by atoms with E-state index < -0.39 is 0 Å². The molecule has 2 aromatic heterocycles. The molecular weight excluding hydrogens is 296 g/mol. The Kier molecular flexibility index (Phi) is 4.29. The number of nitrogens with zero attached hydrogens (tertiary/aromatic N) is 3. The highest BCUT2D eigenvalue weighted by molar-refractivity contribution is 5.66. The molecule has 3 rings (SSSR count). The minimum Gasteiger partial charge on any atom is -0.504 e. The molecule has 0 aliphatic rings. The Labute approximate surface area is 133 Å². The van der Waals surface area contributed by atoms with Crippen LogP contribution in [0.3, 0.4) is 0 Å². The number of benzene rings is 1. The number of aromatic nitrogens is 3. The summed E-state index contributed by atoms with van der Waals surface area (Å²) >= 11 is 0. The molecule has 0 radical (unpaired) electrons. The summed E-state index contributed by atoms with van der Waals surface area (Å²) in [7, 11) is 3.17. The second-order valence-corrected chi connectivity index (χ2v) is 4.94. The summed E-state index contributed by atoms with van der Waals surface area (Å²) in [6, 6.07) is 8.91. The fourth-order valence-corrected chi connectivity index (χ4v) is 2.28. The van der Waals surface area contributed by atoms with Crippen LogP contribution >= 0.6 is 0 Å². The Hall–Kier alpha value is -2.80. The van der Waals surface area contributed by atoms with E-state index in [-0.39, 0.29) is 5.75 Å². The highest BCUT2D eigenvalue weighted by Crippen LogP contribution is 2.31. The van der Waals surface area contributed by atoms with Crippen LogP contribution in [0.2, 0.25) is 0 Å². The number of fused-ring (bicyclic) bond motifs is 1. The summed E-state index contributed by atoms with van der Waals surface area (Å²) in [5.41, 5.74) is 2.41. The zero-order chi connectivity index (χ0) is 16.2. The molecule has 0 saturated heterocycles. The molecule has 0 fully saturated rings. The lowest BCUT2D eigenvalue weighted by Crippen LogP contribution is -2.10. The van der Waals surface area contributed by atoms with Crippen LogP contribution in [-0.4, -0.2) is 47.1 Å². The van der Waals surface area contributed by atoms with Crippen LogP contribution in [0.25, 0.3) is 16.9 Å². The van der Waals surface area contributed by atoms with Crippen LogP contribution in [0.4, 0.5) is 5.82 Å². The molecule has 2 N–H and O–H groups in total. The lowest BCUT2D eigenvalue weighted by Gasteiger charge is -2.08. The third-order valence-corrected chi connectivity index (χ3v) is 3.45. The second-order valence-electron chi connectivity index (χ2n) is 4.94. The number of hydrogen-bond acceptors (Lipinski definition) is 6. The topological polar surface area (TPSA) is 80.9 Å². The average molecular weight is 314 g/mol. The van der Waals surface area contributed by atoms with Gasteiger partial charge in [0.15, 0.2) is 17.1 Å². The quantitative estimate of drug-likeness (QED) is 0.679. The predicted octanol–water partition coefficient (Wildman–Crippen LogP) is 2.17. The van der Waals surface area contributed by atoms with Crippen molar-refractivity contribution in [1.29, 1.82) is 0 Å². The third kappa shape index (κ3) is 3.04. The van der Waals surface area contributed by atoms with Crippen molar-refractivity contribution in [3.63, 3.8) is 0 Å². The van der Waals surface area contributed by atoms with E-state index in [0.717, 1.165) is 22.7 Å². The molecular formula is C16H18N4O3. The van der Waals surface area contributed by atoms with E-state index in [4.69, 9.17) is 9.47 Å². The SMILES string of the molecule is COCCNc1ccc2ncc(-c3ccc(O)c(OC)c3)n2n1. The second kappa shape index (κ2) is 6.53. The Morgan fingerprint density at radius 1 is 1.22 bits per heavy atom. The van der Waals surface area contributed by atoms with Gasteiger partial charge in [-0.3, -0.25) is 0 Å². The first kappa shape index (κ1) is 15.1. The maximum absolute atomic E-state index is 9.73. The Bertz CT molecular complexity index is 816. The molecule has 1 aromatic carbocycles. The van der Waals surface area contributed by atoms with Gasteiger partial charge in [-0.1, -0.05) is 0 Å². The Morgan fingerprint density at radius 3 is 2.87 bits per heavy atom. The molecule has 3 aromatic rings. The number of aromatic hydroxyl groups is 1. The van der Waals surface area contributed by atoms with Gasteiger partial charge >= 0.3 is 0 Å². The molecule has 2 heterocycles. The minimum atomic E-state index is 0.0972. The maximum atomic E-state index is 9.73. The van der Waals surface area contributed by atoms with E-state index in [1.807, 2.05) is 12.1 Å². The van der Waals surface area contributed by atoms with Crippen molar-refractivity contribution < 1.29 is 14.6 Å². The van der Waals surface area contributed by atoms with Crippen LogP contribution < -0.4 is 10.1 Å². The number of hydrogen-bond donors (Lipinski definition) is 2. The van der Waals surface area contributed by atoms with E-state index in [9.17, 15) is 5.11 Å². The van der Waals surface area contributed by atoms with E-state index in [2.05, 4.69) is 15.4 Å². The van der Waals surface area contributed by atoms with Crippen molar-refractivity contribution >= 4 is 11.5 Å². The van der Waals surface area contributed by atoms with E-state index in [1.165, 1.54) is 7.11 Å². The van der Waals surface area contributed by atoms with Crippen LogP contribution in [0.15, 0.2) is 36.5 Å². The molecule has 0 bridgehead atoms. The summed E-state index contributed by atoms with van der Waals surface area (Å²) in [6.07, 6.45) is 1.74. The largest absolute Gasteiger partial charge is 0.504 e. The number of methoxy groups -OCH3 is 2. The molecule has 7 heteroatoms. The Morgan fingerprint density at radius 2 is 2.09 bits per heavy atom. The van der Waals surface area contributed by atoms with Gasteiger partial charge in [0, 0.05) is 19.2 Å². The van der Waals surface area contributed by atoms with Crippen molar-refractivity contribution in [3.8, 4) is 22.8 Å². The van der Waals surface area contributed by atoms with Gasteiger partial charge in [-0.2, -0.15) is 0 Å². The third-order valence-electron chi connectivity index (χ3n) is 3.45. The molecule has 0 aliphatic carbocycles. The van der Waals surface area contributed by atoms with Crippen LogP contribution in [0.1, 0.15) is 0 Å². The predicted molar refractivity (Wildman–Crippen MR) is 87.0 cm³/mol. The molecule has 0 aliphatic heterocycles. The highest BCUT2D eigenvalue weighted by Gasteiger charge is 2.11. The zero-order valence-electron chi connectivity index (χ0n) is 13.0. The molecule has 0 amide bonds. The van der Waals surface area contributed by atoms with Crippen LogP contribution in [0, 0.1) is 0 Å². The molecule has 0 saturated carbocycles. The summed E-state index contributed by atoms with van der Waals surface area (Å²) < 4.78 is 11.9. The first-order chi connectivity index (χ1) is 11.2. The Balaban J connectivity index is 1.99. The average Bonchev–Trinajstić information content (AvgIpc) is 2.99. The van der Waals surface area contributed by atoms with E-state index in [0.29, 0.717) is 18.9 Å². The van der Waals surface area contributed by atoms with Gasteiger partial charge in [-0.25, -0.2) is 9.50 Å². The first-order valence-corrected chi connectivity index (χ1v) is 7.18. The van der Waals surface area contributed by atoms with Crippen LogP contribution in [-0.2, 0) is 4.74 Å². The maximum Gasteiger partial charge on any atom is 0.161 e. The number of ether oxygens (including phenoxy) is 2. The standard InChI is InChI=1S/C16H18N4O3/c1-22-8-7-17-15-5-6-16-18-10-12(20(16)19-15)11-3-4-13(21)14(9-11)23-2/h3-6,9-10,21H,7-8H2,1-2H3,(H,17,19). The van der Waals surface area contributed by atoms with Gasteiger partial charge in [0.1, 0.15) is 5.82 Å². The molecule has 0 spiro atoms. The fourth-order valence-electron chi connectivity index (χ4n) is 2.28. The molecule has 0 atom stereocenters. The number of imidazole rings is 1. The van der Waals surface area contributed by atoms with Gasteiger partial charge in [0.2, 0.25) is 0 Å². The van der Waals surface area contributed by atoms with Gasteiger partial charge in [0.05, 0.1) is 25.6 Å². The van der Waals surface area contributed by atoms with Gasteiger partial charge in [0.25, 0.3) is 0 Å². The van der Waals surface area contributed by atoms with Gasteiger partial charge < -0.3 is 19.9 Å². The summed E-state index contributed by atoms with van der Waals surface area (Å²) in [5.74, 6) is 1.24. The zero-order valence-corrected chi connectivity index (χ0v) is 13.0. The summed E-state index contributed by atoms with van der Waals surface area (Å²) in [6.45, 7) is 1.28. The van der Waals surface area contributed by atoms with Gasteiger partial charge in [-0.05, 0) is 30.3 Å². The number of phenolic OH excluding ortho intramolecular Hbond substituents is 1. The van der Waals surface area contributed by atoms with Crippen molar-refractivity contribution in [2.75, 3.05) is 32.7 Å². The molecule has 23 heavy (non-hydrogen) atoms. The first-order valence-electron chi connectivity index (χ1n) is 7.18. The normalized spacial score (nSPS) is 10.9. The van der Waals surface area contributed by atoms with Crippen molar-refractivity contribution in [1.82, 2.24) is 14.6 Å². The summed E-state index contributed by atoms with van der Waals surface area (Å²) in [4.78, 5) is 4.36. The number of rotatable bonds is 6. The van der Waals surface area contributed by atoms with Crippen LogP contribution in [0.5, 0.6) is 11.5 Å². The van der Waals surface area contributed by atoms with Gasteiger partial charge in [-0.15, -0.1) is 5.10 Å². The summed E-state index contributed by atoms with van der Waals surface area (Å²) in [5, 5.41) is 17.5. The van der Waals surface area contributed by atoms with E-state index in [1.54, 1.807) is 36.0 Å². The number of phenols is 1. The lowest BCUT2D eigenvalue weighted by atomic mass is 10.1. The molecule has 0 unspecified atom stereocenters. The molecule has 7 nitrogen and oxygen atoms in total. The van der Waals surface area contributed by atoms with Crippen molar-refractivity contribution in [3.05, 3.63) is 36.5 Å².